The number of fused-ring (bicyclic) bond motifs is 1. The quantitative estimate of drug-likeness (QED) is 0.730. The van der Waals surface area contributed by atoms with Crippen molar-refractivity contribution in [3.05, 3.63) is 48.5 Å². The molecule has 0 unspecified atom stereocenters. The molecule has 0 saturated carbocycles. The Morgan fingerprint density at radius 3 is 2.73 bits per heavy atom. The fraction of sp³-hybridized carbons (Fsp3) is 0.143. The molecule has 1 amide bonds. The summed E-state index contributed by atoms with van der Waals surface area (Å²) in [6.07, 6.45) is -0.389. The number of amides is 1. The Morgan fingerprint density at radius 1 is 1.36 bits per heavy atom. The highest BCUT2D eigenvalue weighted by Crippen LogP contribution is 2.45. The van der Waals surface area contributed by atoms with Crippen LogP contribution in [0, 0.1) is 0 Å². The predicted molar refractivity (Wildman–Crippen MR) is 90.0 cm³/mol. The average Bonchev–Trinajstić information content (AvgIpc) is 2.93. The summed E-state index contributed by atoms with van der Waals surface area (Å²) in [4.78, 5) is 25.0. The number of carbonyl (C=O) groups is 2. The van der Waals surface area contributed by atoms with Crippen molar-refractivity contribution in [3.8, 4) is 0 Å². The Hall–Kier alpha value is -0.920. The number of Topliss-reactive ketones (excluding diaryl/α,β-unsaturated/α-hetero) is 1. The third kappa shape index (κ3) is 2.59. The molecule has 0 saturated heterocycles. The first-order valence-electron chi connectivity index (χ1n) is 6.13. The SMILES string of the molecule is O=C(C[C@]1(O)C(=O)Nc2cc(Cl)cc(Cl)c21)c1ccc(Br)s1. The van der Waals surface area contributed by atoms with E-state index in [9.17, 15) is 14.7 Å². The number of carbonyl (C=O) groups excluding carboxylic acids is 2. The van der Waals surface area contributed by atoms with E-state index in [1.807, 2.05) is 0 Å². The zero-order valence-corrected chi connectivity index (χ0v) is 14.7. The molecule has 114 valence electrons. The zero-order chi connectivity index (χ0) is 16.1. The molecule has 0 fully saturated rings. The number of halogens is 3. The molecule has 4 nitrogen and oxygen atoms in total. The standard InChI is InChI=1S/C14H8BrCl2NO3S/c15-11-2-1-10(22-11)9(19)5-14(21)12-7(17)3-6(16)4-8(12)18-13(14)20/h1-4,21H,5H2,(H,18,20)/t14-/m1/s1. The molecule has 1 aromatic heterocycles. The van der Waals surface area contributed by atoms with Gasteiger partial charge in [-0.3, -0.25) is 9.59 Å². The van der Waals surface area contributed by atoms with Gasteiger partial charge < -0.3 is 10.4 Å². The number of rotatable bonds is 3. The normalized spacial score (nSPS) is 19.9. The van der Waals surface area contributed by atoms with Gasteiger partial charge in [0, 0.05) is 10.6 Å². The van der Waals surface area contributed by atoms with Gasteiger partial charge in [-0.2, -0.15) is 0 Å². The van der Waals surface area contributed by atoms with E-state index in [0.717, 1.165) is 3.79 Å². The number of nitrogens with one attached hydrogen (secondary N) is 1. The Balaban J connectivity index is 2.00. The van der Waals surface area contributed by atoms with E-state index in [-0.39, 0.29) is 22.8 Å². The Morgan fingerprint density at radius 2 is 2.09 bits per heavy atom. The molecule has 2 heterocycles. The Kier molecular flexibility index (Phi) is 4.07. The minimum atomic E-state index is -2.00. The molecule has 22 heavy (non-hydrogen) atoms. The molecule has 2 N–H and O–H groups in total. The van der Waals surface area contributed by atoms with Crippen molar-refractivity contribution in [2.24, 2.45) is 0 Å². The molecule has 1 aliphatic rings. The number of benzene rings is 1. The lowest BCUT2D eigenvalue weighted by Crippen LogP contribution is -2.36. The van der Waals surface area contributed by atoms with Crippen LogP contribution in [0.2, 0.25) is 10.0 Å². The maximum Gasteiger partial charge on any atom is 0.261 e. The van der Waals surface area contributed by atoms with Crippen LogP contribution in [0.3, 0.4) is 0 Å². The number of aliphatic hydroxyl groups is 1. The molecule has 1 atom stereocenters. The van der Waals surface area contributed by atoms with Crippen LogP contribution < -0.4 is 5.32 Å². The van der Waals surface area contributed by atoms with Crippen LogP contribution in [-0.2, 0) is 10.4 Å². The Bertz CT molecular complexity index is 807. The number of thiophene rings is 1. The van der Waals surface area contributed by atoms with Crippen molar-refractivity contribution in [2.75, 3.05) is 5.32 Å². The Labute approximate surface area is 148 Å². The molecule has 0 radical (unpaired) electrons. The molecule has 1 aliphatic heterocycles. The molecule has 3 rings (SSSR count). The molecule has 1 aromatic carbocycles. The van der Waals surface area contributed by atoms with Crippen LogP contribution in [0.15, 0.2) is 28.1 Å². The molecule has 0 spiro atoms. The summed E-state index contributed by atoms with van der Waals surface area (Å²) in [5.74, 6) is -1.03. The van der Waals surface area contributed by atoms with Crippen molar-refractivity contribution in [3.63, 3.8) is 0 Å². The summed E-state index contributed by atoms with van der Waals surface area (Å²) >= 11 is 16.5. The minimum Gasteiger partial charge on any atom is -0.375 e. The minimum absolute atomic E-state index is 0.142. The molecule has 0 bridgehead atoms. The van der Waals surface area contributed by atoms with Gasteiger partial charge in [-0.1, -0.05) is 23.2 Å². The van der Waals surface area contributed by atoms with Gasteiger partial charge in [0.15, 0.2) is 11.4 Å². The van der Waals surface area contributed by atoms with Crippen molar-refractivity contribution in [2.45, 2.75) is 12.0 Å². The van der Waals surface area contributed by atoms with E-state index in [4.69, 9.17) is 23.2 Å². The van der Waals surface area contributed by atoms with Gasteiger partial charge in [0.2, 0.25) is 0 Å². The second-order valence-corrected chi connectivity index (χ2v) is 8.13. The summed E-state index contributed by atoms with van der Waals surface area (Å²) in [7, 11) is 0. The average molecular weight is 421 g/mol. The highest BCUT2D eigenvalue weighted by atomic mass is 79.9. The topological polar surface area (TPSA) is 66.4 Å². The lowest BCUT2D eigenvalue weighted by Gasteiger charge is -2.20. The highest BCUT2D eigenvalue weighted by Gasteiger charge is 2.48. The fourth-order valence-corrected chi connectivity index (χ4v) is 4.36. The summed E-state index contributed by atoms with van der Waals surface area (Å²) < 4.78 is 0.795. The van der Waals surface area contributed by atoms with Crippen molar-refractivity contribution < 1.29 is 14.7 Å². The van der Waals surface area contributed by atoms with Gasteiger partial charge in [0.05, 0.1) is 25.8 Å². The largest absolute Gasteiger partial charge is 0.375 e. The van der Waals surface area contributed by atoms with Gasteiger partial charge in [-0.05, 0) is 40.2 Å². The van der Waals surface area contributed by atoms with Crippen LogP contribution in [0.4, 0.5) is 5.69 Å². The molecular weight excluding hydrogens is 413 g/mol. The highest BCUT2D eigenvalue weighted by molar-refractivity contribution is 9.11. The molecule has 2 aromatic rings. The van der Waals surface area contributed by atoms with Crippen LogP contribution in [-0.4, -0.2) is 16.8 Å². The molecule has 8 heteroatoms. The number of hydrogen-bond acceptors (Lipinski definition) is 4. The van der Waals surface area contributed by atoms with Gasteiger partial charge in [0.1, 0.15) is 0 Å². The lowest BCUT2D eigenvalue weighted by atomic mass is 9.89. The summed E-state index contributed by atoms with van der Waals surface area (Å²) in [6.45, 7) is 0. The van der Waals surface area contributed by atoms with E-state index in [1.165, 1.54) is 23.5 Å². The van der Waals surface area contributed by atoms with Gasteiger partial charge in [0.25, 0.3) is 5.91 Å². The first-order valence-corrected chi connectivity index (χ1v) is 8.49. The fourth-order valence-electron chi connectivity index (χ4n) is 2.38. The summed E-state index contributed by atoms with van der Waals surface area (Å²) in [6, 6.07) is 6.29. The van der Waals surface area contributed by atoms with Crippen molar-refractivity contribution >= 4 is 67.8 Å². The van der Waals surface area contributed by atoms with E-state index in [1.54, 1.807) is 12.1 Å². The number of hydrogen-bond donors (Lipinski definition) is 2. The van der Waals surface area contributed by atoms with Crippen LogP contribution >= 0.6 is 50.5 Å². The third-order valence-corrected chi connectivity index (χ3v) is 5.54. The monoisotopic (exact) mass is 419 g/mol. The second kappa shape index (κ2) is 5.62. The zero-order valence-electron chi connectivity index (χ0n) is 10.8. The van der Waals surface area contributed by atoms with Crippen molar-refractivity contribution in [1.29, 1.82) is 0 Å². The van der Waals surface area contributed by atoms with Crippen LogP contribution in [0.1, 0.15) is 21.7 Å². The maximum absolute atomic E-state index is 12.3. The lowest BCUT2D eigenvalue weighted by molar-refractivity contribution is -0.133. The van der Waals surface area contributed by atoms with Crippen LogP contribution in [0.5, 0.6) is 0 Å². The molecular formula is C14H8BrCl2NO3S. The summed E-state index contributed by atoms with van der Waals surface area (Å²) in [5, 5.41) is 13.7. The number of ketones is 1. The van der Waals surface area contributed by atoms with Crippen molar-refractivity contribution in [1.82, 2.24) is 0 Å². The van der Waals surface area contributed by atoms with Gasteiger partial charge >= 0.3 is 0 Å². The summed E-state index contributed by atoms with van der Waals surface area (Å²) in [5.41, 5.74) is -1.48. The molecule has 0 aliphatic carbocycles. The van der Waals surface area contributed by atoms with E-state index in [0.29, 0.717) is 15.6 Å². The van der Waals surface area contributed by atoms with Crippen LogP contribution in [0.25, 0.3) is 0 Å². The smallest absolute Gasteiger partial charge is 0.261 e. The van der Waals surface area contributed by atoms with E-state index >= 15 is 0 Å². The van der Waals surface area contributed by atoms with Gasteiger partial charge in [-0.25, -0.2) is 0 Å². The maximum atomic E-state index is 12.3. The second-order valence-electron chi connectivity index (χ2n) is 4.83. The predicted octanol–water partition coefficient (Wildman–Crippen LogP) is 4.23. The van der Waals surface area contributed by atoms with E-state index in [2.05, 4.69) is 21.2 Å². The number of anilines is 1. The first kappa shape index (κ1) is 16.0. The van der Waals surface area contributed by atoms with Gasteiger partial charge in [-0.15, -0.1) is 11.3 Å². The van der Waals surface area contributed by atoms with E-state index < -0.39 is 11.5 Å². The third-order valence-electron chi connectivity index (χ3n) is 3.36. The first-order chi connectivity index (χ1) is 10.3.